The fraction of sp³-hybridized carbons (Fsp3) is 0.182. The molecule has 0 aliphatic heterocycles. The molecule has 0 fully saturated rings. The van der Waals surface area contributed by atoms with Crippen molar-refractivity contribution in [3.05, 3.63) is 33.3 Å². The molecule has 21 heavy (non-hydrogen) atoms. The predicted octanol–water partition coefficient (Wildman–Crippen LogP) is 2.60. The van der Waals surface area contributed by atoms with E-state index in [4.69, 9.17) is 16.7 Å². The van der Waals surface area contributed by atoms with Crippen molar-refractivity contribution in [3.63, 3.8) is 0 Å². The molecule has 0 saturated carbocycles. The monoisotopic (exact) mass is 328 g/mol. The van der Waals surface area contributed by atoms with Gasteiger partial charge in [0.15, 0.2) is 5.82 Å². The van der Waals surface area contributed by atoms with E-state index in [1.54, 1.807) is 6.07 Å². The summed E-state index contributed by atoms with van der Waals surface area (Å²) in [5.41, 5.74) is 0.259. The van der Waals surface area contributed by atoms with E-state index < -0.39 is 10.9 Å². The van der Waals surface area contributed by atoms with Crippen LogP contribution in [0, 0.1) is 10.1 Å². The quantitative estimate of drug-likeness (QED) is 0.474. The maximum Gasteiger partial charge on any atom is 0.304 e. The SMILES string of the molecule is O=C(O)CCSc1n[nH]c(-c2ccc(Cl)c([N+](=O)[O-])c2)n1. The zero-order valence-corrected chi connectivity index (χ0v) is 12.0. The Hall–Kier alpha value is -2.13. The van der Waals surface area contributed by atoms with Gasteiger partial charge in [-0.1, -0.05) is 23.4 Å². The molecule has 0 aliphatic rings. The van der Waals surface area contributed by atoms with E-state index in [2.05, 4.69) is 15.2 Å². The van der Waals surface area contributed by atoms with Gasteiger partial charge in [-0.25, -0.2) is 4.98 Å². The normalized spacial score (nSPS) is 10.5. The number of halogens is 1. The number of nitrogens with one attached hydrogen (secondary N) is 1. The van der Waals surface area contributed by atoms with Gasteiger partial charge in [0, 0.05) is 17.4 Å². The lowest BCUT2D eigenvalue weighted by atomic mass is 10.2. The lowest BCUT2D eigenvalue weighted by molar-refractivity contribution is -0.384. The number of aromatic nitrogens is 3. The second-order valence-electron chi connectivity index (χ2n) is 3.88. The van der Waals surface area contributed by atoms with E-state index in [1.807, 2.05) is 0 Å². The number of carbonyl (C=O) groups is 1. The fourth-order valence-corrected chi connectivity index (χ4v) is 2.38. The zero-order chi connectivity index (χ0) is 15.4. The smallest absolute Gasteiger partial charge is 0.304 e. The third-order valence-corrected chi connectivity index (χ3v) is 3.60. The van der Waals surface area contributed by atoms with Crippen LogP contribution in [0.3, 0.4) is 0 Å². The molecule has 2 rings (SSSR count). The number of H-pyrrole nitrogens is 1. The van der Waals surface area contributed by atoms with Crippen LogP contribution in [0.25, 0.3) is 11.4 Å². The van der Waals surface area contributed by atoms with E-state index in [0.29, 0.717) is 22.3 Å². The van der Waals surface area contributed by atoms with E-state index in [1.165, 1.54) is 23.9 Å². The van der Waals surface area contributed by atoms with Gasteiger partial charge in [-0.2, -0.15) is 0 Å². The Balaban J connectivity index is 2.16. The first-order valence-corrected chi connectivity index (χ1v) is 7.05. The first-order chi connectivity index (χ1) is 9.97. The number of nitrogens with zero attached hydrogens (tertiary/aromatic N) is 3. The maximum absolute atomic E-state index is 10.8. The Kier molecular flexibility index (Phi) is 4.76. The van der Waals surface area contributed by atoms with Gasteiger partial charge in [-0.05, 0) is 12.1 Å². The van der Waals surface area contributed by atoms with Crippen LogP contribution < -0.4 is 0 Å². The highest BCUT2D eigenvalue weighted by molar-refractivity contribution is 7.99. The molecular formula is C11H9ClN4O4S. The minimum Gasteiger partial charge on any atom is -0.481 e. The van der Waals surface area contributed by atoms with Crippen LogP contribution in [0.2, 0.25) is 5.02 Å². The van der Waals surface area contributed by atoms with Crippen molar-refractivity contribution in [1.82, 2.24) is 15.2 Å². The Labute approximate surface area is 127 Å². The van der Waals surface area contributed by atoms with Crippen LogP contribution in [-0.4, -0.2) is 36.9 Å². The third-order valence-electron chi connectivity index (χ3n) is 2.43. The summed E-state index contributed by atoms with van der Waals surface area (Å²) in [6.07, 6.45) is 0.000949. The number of nitro benzene ring substituents is 1. The molecule has 0 amide bonds. The Morgan fingerprint density at radius 1 is 1.52 bits per heavy atom. The van der Waals surface area contributed by atoms with Crippen LogP contribution in [0.5, 0.6) is 0 Å². The number of thioether (sulfide) groups is 1. The molecule has 110 valence electrons. The summed E-state index contributed by atoms with van der Waals surface area (Å²) in [6, 6.07) is 4.30. The van der Waals surface area contributed by atoms with Gasteiger partial charge < -0.3 is 5.11 Å². The molecule has 0 atom stereocenters. The molecule has 2 aromatic rings. The number of carboxylic acid groups (broad SMARTS) is 1. The average Bonchev–Trinajstić information content (AvgIpc) is 2.87. The molecule has 0 radical (unpaired) electrons. The highest BCUT2D eigenvalue weighted by Crippen LogP contribution is 2.29. The molecule has 0 bridgehead atoms. The Bertz CT molecular complexity index is 691. The number of nitro groups is 1. The van der Waals surface area contributed by atoms with Crippen molar-refractivity contribution in [2.75, 3.05) is 5.75 Å². The summed E-state index contributed by atoms with van der Waals surface area (Å²) < 4.78 is 0. The van der Waals surface area contributed by atoms with Crippen LogP contribution in [-0.2, 0) is 4.79 Å². The van der Waals surface area contributed by atoms with Crippen LogP contribution in [0.4, 0.5) is 5.69 Å². The molecule has 10 heteroatoms. The highest BCUT2D eigenvalue weighted by Gasteiger charge is 2.15. The average molecular weight is 329 g/mol. The second kappa shape index (κ2) is 6.55. The van der Waals surface area contributed by atoms with Gasteiger partial charge in [-0.15, -0.1) is 5.10 Å². The summed E-state index contributed by atoms with van der Waals surface area (Å²) in [4.78, 5) is 24.8. The summed E-state index contributed by atoms with van der Waals surface area (Å²) >= 11 is 6.92. The summed E-state index contributed by atoms with van der Waals surface area (Å²) in [5.74, 6) is -0.202. The zero-order valence-electron chi connectivity index (χ0n) is 10.4. The Morgan fingerprint density at radius 2 is 2.29 bits per heavy atom. The summed E-state index contributed by atoms with van der Waals surface area (Å²) in [7, 11) is 0. The first-order valence-electron chi connectivity index (χ1n) is 5.68. The lowest BCUT2D eigenvalue weighted by Gasteiger charge is -1.98. The van der Waals surface area contributed by atoms with Crippen LogP contribution >= 0.6 is 23.4 Å². The molecule has 0 spiro atoms. The van der Waals surface area contributed by atoms with Gasteiger partial charge in [0.2, 0.25) is 5.16 Å². The molecule has 0 aliphatic carbocycles. The molecule has 2 N–H and O–H groups in total. The molecular weight excluding hydrogens is 320 g/mol. The molecule has 1 heterocycles. The Morgan fingerprint density at radius 3 is 2.95 bits per heavy atom. The van der Waals surface area contributed by atoms with Gasteiger partial charge in [0.05, 0.1) is 11.3 Å². The van der Waals surface area contributed by atoms with Crippen molar-refractivity contribution in [2.24, 2.45) is 0 Å². The van der Waals surface area contributed by atoms with Gasteiger partial charge in [0.1, 0.15) is 5.02 Å². The number of carboxylic acids is 1. The van der Waals surface area contributed by atoms with Crippen molar-refractivity contribution in [1.29, 1.82) is 0 Å². The van der Waals surface area contributed by atoms with Crippen molar-refractivity contribution in [3.8, 4) is 11.4 Å². The number of aliphatic carboxylic acids is 1. The van der Waals surface area contributed by atoms with Crippen molar-refractivity contribution in [2.45, 2.75) is 11.6 Å². The maximum atomic E-state index is 10.8. The standard InChI is InChI=1S/C11H9ClN4O4S/c12-7-2-1-6(5-8(7)16(19)20)10-13-11(15-14-10)21-4-3-9(17)18/h1-2,5H,3-4H2,(H,17,18)(H,13,14,15). The van der Waals surface area contributed by atoms with Crippen molar-refractivity contribution >= 4 is 35.0 Å². The number of benzene rings is 1. The summed E-state index contributed by atoms with van der Waals surface area (Å²) in [6.45, 7) is 0. The second-order valence-corrected chi connectivity index (χ2v) is 5.35. The minimum absolute atomic E-state index is 0.000949. The lowest BCUT2D eigenvalue weighted by Crippen LogP contribution is -1.95. The number of aromatic amines is 1. The van der Waals surface area contributed by atoms with Crippen LogP contribution in [0.1, 0.15) is 6.42 Å². The van der Waals surface area contributed by atoms with Gasteiger partial charge >= 0.3 is 5.97 Å². The number of rotatable bonds is 6. The largest absolute Gasteiger partial charge is 0.481 e. The number of hydrogen-bond donors (Lipinski definition) is 2. The number of hydrogen-bond acceptors (Lipinski definition) is 6. The highest BCUT2D eigenvalue weighted by atomic mass is 35.5. The van der Waals surface area contributed by atoms with Crippen LogP contribution in [0.15, 0.2) is 23.4 Å². The molecule has 0 unspecified atom stereocenters. The molecule has 1 aromatic heterocycles. The van der Waals surface area contributed by atoms with E-state index in [0.717, 1.165) is 0 Å². The van der Waals surface area contributed by atoms with E-state index in [9.17, 15) is 14.9 Å². The topological polar surface area (TPSA) is 122 Å². The summed E-state index contributed by atoms with van der Waals surface area (Å²) in [5, 5.41) is 26.4. The van der Waals surface area contributed by atoms with Gasteiger partial charge in [0.25, 0.3) is 5.69 Å². The minimum atomic E-state index is -0.897. The molecule has 8 nitrogen and oxygen atoms in total. The predicted molar refractivity (Wildman–Crippen MR) is 76.5 cm³/mol. The molecule has 1 aromatic carbocycles. The van der Waals surface area contributed by atoms with E-state index >= 15 is 0 Å². The first kappa shape index (κ1) is 15.3. The van der Waals surface area contributed by atoms with E-state index in [-0.39, 0.29) is 17.1 Å². The fourth-order valence-electron chi connectivity index (χ4n) is 1.47. The third kappa shape index (κ3) is 3.92. The van der Waals surface area contributed by atoms with Crippen molar-refractivity contribution < 1.29 is 14.8 Å². The molecule has 0 saturated heterocycles. The van der Waals surface area contributed by atoms with Gasteiger partial charge in [-0.3, -0.25) is 20.0 Å².